The SMILES string of the molecule is CC(=O)O.Cn1c(CN)nnc1SCC[C@H](O)c1ccccc1. The Hall–Kier alpha value is -1.90. The van der Waals surface area contributed by atoms with E-state index in [2.05, 4.69) is 10.2 Å². The summed E-state index contributed by atoms with van der Waals surface area (Å²) in [4.78, 5) is 9.00. The lowest BCUT2D eigenvalue weighted by Crippen LogP contribution is -2.05. The van der Waals surface area contributed by atoms with Crippen LogP contribution in [0.4, 0.5) is 0 Å². The van der Waals surface area contributed by atoms with E-state index in [-0.39, 0.29) is 0 Å². The molecule has 2 rings (SSSR count). The number of thioether (sulfide) groups is 1. The third-order valence-corrected chi connectivity index (χ3v) is 3.97. The monoisotopic (exact) mass is 338 g/mol. The normalized spacial score (nSPS) is 11.5. The molecule has 0 aliphatic heterocycles. The molecule has 23 heavy (non-hydrogen) atoms. The van der Waals surface area contributed by atoms with Crippen molar-refractivity contribution in [2.75, 3.05) is 5.75 Å². The molecular weight excluding hydrogens is 316 g/mol. The van der Waals surface area contributed by atoms with E-state index in [9.17, 15) is 5.11 Å². The van der Waals surface area contributed by atoms with Gasteiger partial charge in [0.1, 0.15) is 5.82 Å². The second kappa shape index (κ2) is 9.98. The maximum atomic E-state index is 10.0. The van der Waals surface area contributed by atoms with Gasteiger partial charge in [0.25, 0.3) is 5.97 Å². The zero-order chi connectivity index (χ0) is 17.2. The summed E-state index contributed by atoms with van der Waals surface area (Å²) in [5.41, 5.74) is 6.49. The van der Waals surface area contributed by atoms with E-state index in [0.717, 1.165) is 29.2 Å². The van der Waals surface area contributed by atoms with Crippen LogP contribution in [0.25, 0.3) is 0 Å². The molecule has 0 saturated carbocycles. The van der Waals surface area contributed by atoms with Crippen LogP contribution in [0.1, 0.15) is 30.8 Å². The number of hydrogen-bond acceptors (Lipinski definition) is 6. The van der Waals surface area contributed by atoms with Crippen LogP contribution < -0.4 is 5.73 Å². The van der Waals surface area contributed by atoms with E-state index in [0.29, 0.717) is 13.0 Å². The van der Waals surface area contributed by atoms with Gasteiger partial charge in [0.15, 0.2) is 5.16 Å². The van der Waals surface area contributed by atoms with Gasteiger partial charge in [-0.2, -0.15) is 0 Å². The topological polar surface area (TPSA) is 114 Å². The molecule has 2 aromatic rings. The van der Waals surface area contributed by atoms with Gasteiger partial charge in [-0.25, -0.2) is 0 Å². The Morgan fingerprint density at radius 1 is 1.35 bits per heavy atom. The highest BCUT2D eigenvalue weighted by Crippen LogP contribution is 2.22. The van der Waals surface area contributed by atoms with Crippen LogP contribution in [0, 0.1) is 0 Å². The van der Waals surface area contributed by atoms with E-state index in [1.807, 2.05) is 41.9 Å². The molecule has 1 aromatic heterocycles. The number of carboxylic acids is 1. The van der Waals surface area contributed by atoms with Crippen LogP contribution in [0.5, 0.6) is 0 Å². The fraction of sp³-hybridized carbons (Fsp3) is 0.400. The summed E-state index contributed by atoms with van der Waals surface area (Å²) in [7, 11) is 1.90. The van der Waals surface area contributed by atoms with Crippen LogP contribution in [-0.4, -0.2) is 36.7 Å². The van der Waals surface area contributed by atoms with Gasteiger partial charge < -0.3 is 20.5 Å². The Kier molecular flexibility index (Phi) is 8.31. The lowest BCUT2D eigenvalue weighted by atomic mass is 10.1. The largest absolute Gasteiger partial charge is 0.481 e. The van der Waals surface area contributed by atoms with Crippen molar-refractivity contribution in [1.29, 1.82) is 0 Å². The highest BCUT2D eigenvalue weighted by atomic mass is 32.2. The van der Waals surface area contributed by atoms with Crippen molar-refractivity contribution in [3.8, 4) is 0 Å². The molecule has 126 valence electrons. The van der Waals surface area contributed by atoms with Gasteiger partial charge in [-0.15, -0.1) is 10.2 Å². The molecule has 0 fully saturated rings. The van der Waals surface area contributed by atoms with E-state index in [1.165, 1.54) is 0 Å². The highest BCUT2D eigenvalue weighted by molar-refractivity contribution is 7.99. The first-order chi connectivity index (χ1) is 11.0. The molecule has 0 spiro atoms. The Balaban J connectivity index is 0.000000593. The Labute approximate surface area is 139 Å². The molecule has 0 unspecified atom stereocenters. The molecule has 0 aliphatic rings. The lowest BCUT2D eigenvalue weighted by Gasteiger charge is -2.10. The summed E-state index contributed by atoms with van der Waals surface area (Å²) in [5.74, 6) is 0.721. The van der Waals surface area contributed by atoms with Crippen molar-refractivity contribution in [3.63, 3.8) is 0 Å². The summed E-state index contributed by atoms with van der Waals surface area (Å²) < 4.78 is 1.89. The van der Waals surface area contributed by atoms with Gasteiger partial charge >= 0.3 is 0 Å². The number of hydrogen-bond donors (Lipinski definition) is 3. The minimum atomic E-state index is -0.833. The number of carbonyl (C=O) groups is 1. The maximum absolute atomic E-state index is 10.0. The Morgan fingerprint density at radius 2 is 1.96 bits per heavy atom. The highest BCUT2D eigenvalue weighted by Gasteiger charge is 2.10. The number of nitrogens with two attached hydrogens (primary N) is 1. The lowest BCUT2D eigenvalue weighted by molar-refractivity contribution is -0.134. The molecule has 4 N–H and O–H groups in total. The Bertz CT molecular complexity index is 600. The summed E-state index contributed by atoms with van der Waals surface area (Å²) in [6, 6.07) is 9.68. The molecule has 1 atom stereocenters. The zero-order valence-electron chi connectivity index (χ0n) is 13.2. The Morgan fingerprint density at radius 3 is 2.48 bits per heavy atom. The number of aliphatic carboxylic acids is 1. The van der Waals surface area contributed by atoms with Crippen LogP contribution >= 0.6 is 11.8 Å². The number of rotatable bonds is 6. The van der Waals surface area contributed by atoms with Gasteiger partial charge in [0.05, 0.1) is 12.6 Å². The molecule has 1 heterocycles. The second-order valence-corrected chi connectivity index (χ2v) is 5.81. The number of nitrogens with zero attached hydrogens (tertiary/aromatic N) is 3. The molecule has 8 heteroatoms. The molecule has 0 aliphatic carbocycles. The van der Waals surface area contributed by atoms with E-state index in [4.69, 9.17) is 15.6 Å². The van der Waals surface area contributed by atoms with Gasteiger partial charge in [0.2, 0.25) is 0 Å². The first-order valence-corrected chi connectivity index (χ1v) is 8.08. The third kappa shape index (κ3) is 6.81. The molecular formula is C15H22N4O3S. The van der Waals surface area contributed by atoms with E-state index >= 15 is 0 Å². The van der Waals surface area contributed by atoms with E-state index in [1.54, 1.807) is 11.8 Å². The minimum absolute atomic E-state index is 0.386. The number of aliphatic hydroxyl groups excluding tert-OH is 1. The molecule has 1 aromatic carbocycles. The van der Waals surface area contributed by atoms with Crippen LogP contribution in [0.15, 0.2) is 35.5 Å². The van der Waals surface area contributed by atoms with Crippen molar-refractivity contribution in [2.24, 2.45) is 12.8 Å². The minimum Gasteiger partial charge on any atom is -0.481 e. The van der Waals surface area contributed by atoms with Crippen LogP contribution in [0.3, 0.4) is 0 Å². The number of carboxylic acid groups (broad SMARTS) is 1. The summed E-state index contributed by atoms with van der Waals surface area (Å²) in [5, 5.41) is 26.4. The predicted molar refractivity (Wildman–Crippen MR) is 88.9 cm³/mol. The molecule has 7 nitrogen and oxygen atoms in total. The molecule has 0 saturated heterocycles. The smallest absolute Gasteiger partial charge is 0.300 e. The average molecular weight is 338 g/mol. The van der Waals surface area contributed by atoms with E-state index < -0.39 is 12.1 Å². The summed E-state index contributed by atoms with van der Waals surface area (Å²) >= 11 is 1.58. The van der Waals surface area contributed by atoms with Gasteiger partial charge in [0, 0.05) is 19.7 Å². The number of aromatic nitrogens is 3. The number of benzene rings is 1. The fourth-order valence-corrected chi connectivity index (χ4v) is 2.67. The quantitative estimate of drug-likeness (QED) is 0.685. The van der Waals surface area contributed by atoms with Gasteiger partial charge in [-0.1, -0.05) is 42.1 Å². The maximum Gasteiger partial charge on any atom is 0.300 e. The van der Waals surface area contributed by atoms with Crippen molar-refractivity contribution in [1.82, 2.24) is 14.8 Å². The number of aliphatic hydroxyl groups is 1. The van der Waals surface area contributed by atoms with Gasteiger partial charge in [-0.05, 0) is 12.0 Å². The molecule has 0 bridgehead atoms. The standard InChI is InChI=1S/C13H18N4OS.C2H4O2/c1-17-12(9-14)15-16-13(17)19-8-7-11(18)10-5-3-2-4-6-10;1-2(3)4/h2-6,11,18H,7-9,14H2,1H3;1H3,(H,3,4)/t11-;/m0./s1. The first-order valence-electron chi connectivity index (χ1n) is 7.09. The second-order valence-electron chi connectivity index (χ2n) is 4.74. The fourth-order valence-electron chi connectivity index (χ4n) is 1.75. The van der Waals surface area contributed by atoms with Crippen molar-refractivity contribution < 1.29 is 15.0 Å². The zero-order valence-corrected chi connectivity index (χ0v) is 14.0. The summed E-state index contributed by atoms with van der Waals surface area (Å²) in [6.07, 6.45) is 0.246. The average Bonchev–Trinajstić information content (AvgIpc) is 2.88. The molecule has 0 amide bonds. The summed E-state index contributed by atoms with van der Waals surface area (Å²) in [6.45, 7) is 1.47. The van der Waals surface area contributed by atoms with Crippen molar-refractivity contribution >= 4 is 17.7 Å². The van der Waals surface area contributed by atoms with Crippen molar-refractivity contribution in [2.45, 2.75) is 31.1 Å². The van der Waals surface area contributed by atoms with Crippen LogP contribution in [0.2, 0.25) is 0 Å². The first kappa shape index (κ1) is 19.1. The van der Waals surface area contributed by atoms with Gasteiger partial charge in [-0.3, -0.25) is 4.79 Å². The van der Waals surface area contributed by atoms with Crippen LogP contribution in [-0.2, 0) is 18.4 Å². The predicted octanol–water partition coefficient (Wildman–Crippen LogP) is 1.58. The molecule has 0 radical (unpaired) electrons. The third-order valence-electron chi connectivity index (χ3n) is 2.91. The van der Waals surface area contributed by atoms with Crippen molar-refractivity contribution in [3.05, 3.63) is 41.7 Å².